The SMILES string of the molecule is Cc1nn(Cc2ccccc2)c(C)c1C(=O)OCC(=O)NC(=O)NCC(C)C. The van der Waals surface area contributed by atoms with Crippen molar-refractivity contribution in [2.24, 2.45) is 5.92 Å². The molecule has 8 nitrogen and oxygen atoms in total. The number of nitrogens with zero attached hydrogens (tertiary/aromatic N) is 2. The fourth-order valence-corrected chi connectivity index (χ4v) is 2.61. The van der Waals surface area contributed by atoms with Gasteiger partial charge in [0.2, 0.25) is 0 Å². The van der Waals surface area contributed by atoms with Crippen LogP contribution in [0.3, 0.4) is 0 Å². The molecule has 0 spiro atoms. The number of nitrogens with one attached hydrogen (secondary N) is 2. The molecule has 1 aromatic heterocycles. The molecule has 0 atom stereocenters. The molecule has 0 bridgehead atoms. The third-order valence-electron chi connectivity index (χ3n) is 4.02. The van der Waals surface area contributed by atoms with Crippen LogP contribution in [-0.2, 0) is 16.1 Å². The van der Waals surface area contributed by atoms with E-state index in [1.54, 1.807) is 18.5 Å². The third kappa shape index (κ3) is 5.94. The highest BCUT2D eigenvalue weighted by molar-refractivity contribution is 5.97. The van der Waals surface area contributed by atoms with Crippen LogP contribution in [0.5, 0.6) is 0 Å². The molecule has 28 heavy (non-hydrogen) atoms. The minimum Gasteiger partial charge on any atom is -0.452 e. The summed E-state index contributed by atoms with van der Waals surface area (Å²) in [5, 5.41) is 9.07. The van der Waals surface area contributed by atoms with Gasteiger partial charge in [0.1, 0.15) is 5.56 Å². The van der Waals surface area contributed by atoms with Gasteiger partial charge in [-0.05, 0) is 25.3 Å². The van der Waals surface area contributed by atoms with E-state index in [2.05, 4.69) is 15.7 Å². The second kappa shape index (κ2) is 9.68. The fraction of sp³-hybridized carbons (Fsp3) is 0.400. The van der Waals surface area contributed by atoms with E-state index >= 15 is 0 Å². The van der Waals surface area contributed by atoms with Gasteiger partial charge >= 0.3 is 12.0 Å². The first-order valence-electron chi connectivity index (χ1n) is 9.10. The summed E-state index contributed by atoms with van der Waals surface area (Å²) in [6.45, 7) is 7.79. The van der Waals surface area contributed by atoms with Crippen molar-refractivity contribution in [3.8, 4) is 0 Å². The standard InChI is InChI=1S/C20H26N4O4/c1-13(2)10-21-20(27)22-17(25)12-28-19(26)18-14(3)23-24(15(18)4)11-16-8-6-5-7-9-16/h5-9,13H,10-12H2,1-4H3,(H2,21,22,25,27). The van der Waals surface area contributed by atoms with Gasteiger partial charge in [-0.1, -0.05) is 44.2 Å². The minimum atomic E-state index is -0.693. The summed E-state index contributed by atoms with van der Waals surface area (Å²) in [7, 11) is 0. The van der Waals surface area contributed by atoms with E-state index in [1.165, 1.54) is 0 Å². The van der Waals surface area contributed by atoms with Crippen LogP contribution in [-0.4, -0.2) is 40.8 Å². The van der Waals surface area contributed by atoms with Crippen molar-refractivity contribution in [1.82, 2.24) is 20.4 Å². The largest absolute Gasteiger partial charge is 0.452 e. The van der Waals surface area contributed by atoms with Crippen LogP contribution in [0.4, 0.5) is 4.79 Å². The molecular formula is C20H26N4O4. The Morgan fingerprint density at radius 3 is 2.46 bits per heavy atom. The van der Waals surface area contributed by atoms with Crippen LogP contribution in [0, 0.1) is 19.8 Å². The molecule has 150 valence electrons. The average molecular weight is 386 g/mol. The predicted molar refractivity (Wildman–Crippen MR) is 104 cm³/mol. The molecule has 0 saturated heterocycles. The molecule has 2 N–H and O–H groups in total. The normalized spacial score (nSPS) is 10.6. The smallest absolute Gasteiger partial charge is 0.342 e. The third-order valence-corrected chi connectivity index (χ3v) is 4.02. The van der Waals surface area contributed by atoms with Crippen molar-refractivity contribution in [2.45, 2.75) is 34.2 Å². The molecule has 3 amide bonds. The Balaban J connectivity index is 1.93. The van der Waals surface area contributed by atoms with Gasteiger partial charge in [-0.3, -0.25) is 14.8 Å². The summed E-state index contributed by atoms with van der Waals surface area (Å²) in [6.07, 6.45) is 0. The van der Waals surface area contributed by atoms with E-state index in [9.17, 15) is 14.4 Å². The van der Waals surface area contributed by atoms with E-state index in [4.69, 9.17) is 4.74 Å². The highest BCUT2D eigenvalue weighted by Crippen LogP contribution is 2.16. The summed E-state index contributed by atoms with van der Waals surface area (Å²) in [5.74, 6) is -1.08. The molecule has 0 aliphatic carbocycles. The molecule has 0 aliphatic heterocycles. The highest BCUT2D eigenvalue weighted by atomic mass is 16.5. The summed E-state index contributed by atoms with van der Waals surface area (Å²) < 4.78 is 6.78. The van der Waals surface area contributed by atoms with E-state index in [1.807, 2.05) is 44.2 Å². The lowest BCUT2D eigenvalue weighted by molar-refractivity contribution is -0.123. The highest BCUT2D eigenvalue weighted by Gasteiger charge is 2.21. The Morgan fingerprint density at radius 2 is 1.82 bits per heavy atom. The lowest BCUT2D eigenvalue weighted by atomic mass is 10.2. The second-order valence-electron chi connectivity index (χ2n) is 6.92. The van der Waals surface area contributed by atoms with Gasteiger partial charge < -0.3 is 10.1 Å². The topological polar surface area (TPSA) is 102 Å². The maximum atomic E-state index is 12.4. The lowest BCUT2D eigenvalue weighted by Crippen LogP contribution is -2.42. The molecular weight excluding hydrogens is 360 g/mol. The van der Waals surface area contributed by atoms with Crippen molar-refractivity contribution in [3.05, 3.63) is 52.8 Å². The van der Waals surface area contributed by atoms with Crippen molar-refractivity contribution in [2.75, 3.05) is 13.2 Å². The number of ether oxygens (including phenoxy) is 1. The van der Waals surface area contributed by atoms with Crippen LogP contribution < -0.4 is 10.6 Å². The zero-order valence-electron chi connectivity index (χ0n) is 16.6. The maximum Gasteiger partial charge on any atom is 0.342 e. The molecule has 0 saturated carbocycles. The molecule has 0 aliphatic rings. The number of benzene rings is 1. The lowest BCUT2D eigenvalue weighted by Gasteiger charge is -2.09. The number of carbonyl (C=O) groups excluding carboxylic acids is 3. The number of hydrogen-bond donors (Lipinski definition) is 2. The van der Waals surface area contributed by atoms with E-state index in [0.29, 0.717) is 30.0 Å². The van der Waals surface area contributed by atoms with Crippen LogP contribution in [0.15, 0.2) is 30.3 Å². The van der Waals surface area contributed by atoms with Gasteiger partial charge in [-0.2, -0.15) is 5.10 Å². The maximum absolute atomic E-state index is 12.4. The van der Waals surface area contributed by atoms with Gasteiger partial charge in [-0.15, -0.1) is 0 Å². The Labute approximate surface area is 164 Å². The first-order chi connectivity index (χ1) is 13.3. The number of esters is 1. The zero-order chi connectivity index (χ0) is 20.7. The molecule has 2 rings (SSSR count). The monoisotopic (exact) mass is 386 g/mol. The van der Waals surface area contributed by atoms with Crippen molar-refractivity contribution < 1.29 is 19.1 Å². The van der Waals surface area contributed by atoms with Crippen LogP contribution in [0.25, 0.3) is 0 Å². The predicted octanol–water partition coefficient (Wildman–Crippen LogP) is 2.19. The number of carbonyl (C=O) groups is 3. The summed E-state index contributed by atoms with van der Waals surface area (Å²) in [5.41, 5.74) is 2.56. The number of urea groups is 1. The molecule has 0 radical (unpaired) electrons. The summed E-state index contributed by atoms with van der Waals surface area (Å²) in [6, 6.07) is 9.14. The molecule has 1 heterocycles. The van der Waals surface area contributed by atoms with E-state index < -0.39 is 24.5 Å². The van der Waals surface area contributed by atoms with Gasteiger partial charge in [0.25, 0.3) is 5.91 Å². The second-order valence-corrected chi connectivity index (χ2v) is 6.92. The zero-order valence-corrected chi connectivity index (χ0v) is 16.6. The minimum absolute atomic E-state index is 0.261. The first kappa shape index (κ1) is 21.1. The van der Waals surface area contributed by atoms with Crippen LogP contribution >= 0.6 is 0 Å². The number of imide groups is 1. The Morgan fingerprint density at radius 1 is 1.14 bits per heavy atom. The van der Waals surface area contributed by atoms with Gasteiger partial charge in [0, 0.05) is 6.54 Å². The van der Waals surface area contributed by atoms with Crippen molar-refractivity contribution >= 4 is 17.9 Å². The number of aromatic nitrogens is 2. The Kier molecular flexibility index (Phi) is 7.31. The molecule has 0 fully saturated rings. The summed E-state index contributed by atoms with van der Waals surface area (Å²) >= 11 is 0. The van der Waals surface area contributed by atoms with Gasteiger partial charge in [0.05, 0.1) is 17.9 Å². The molecule has 1 aromatic carbocycles. The number of amides is 3. The summed E-state index contributed by atoms with van der Waals surface area (Å²) in [4.78, 5) is 35.7. The van der Waals surface area contributed by atoms with Crippen molar-refractivity contribution in [1.29, 1.82) is 0 Å². The number of hydrogen-bond acceptors (Lipinski definition) is 5. The molecule has 8 heteroatoms. The molecule has 2 aromatic rings. The quantitative estimate of drug-likeness (QED) is 0.710. The Bertz CT molecular complexity index is 843. The van der Waals surface area contributed by atoms with E-state index in [0.717, 1.165) is 5.56 Å². The Hall–Kier alpha value is -3.16. The van der Waals surface area contributed by atoms with Crippen LogP contribution in [0.2, 0.25) is 0 Å². The van der Waals surface area contributed by atoms with Crippen LogP contribution in [0.1, 0.15) is 41.2 Å². The number of rotatable bonds is 7. The van der Waals surface area contributed by atoms with E-state index in [-0.39, 0.29) is 5.92 Å². The number of aryl methyl sites for hydroxylation is 1. The first-order valence-corrected chi connectivity index (χ1v) is 9.10. The fourth-order valence-electron chi connectivity index (χ4n) is 2.61. The van der Waals surface area contributed by atoms with Gasteiger partial charge in [0.15, 0.2) is 6.61 Å². The van der Waals surface area contributed by atoms with Gasteiger partial charge in [-0.25, -0.2) is 9.59 Å². The van der Waals surface area contributed by atoms with Crippen molar-refractivity contribution in [3.63, 3.8) is 0 Å². The average Bonchev–Trinajstić information content (AvgIpc) is 2.92. The molecule has 0 unspecified atom stereocenters.